The third kappa shape index (κ3) is 1.65. The molecule has 2 aromatic carbocycles. The Morgan fingerprint density at radius 3 is 2.69 bits per heavy atom. The summed E-state index contributed by atoms with van der Waals surface area (Å²) in [6.45, 7) is 0. The minimum Gasteiger partial charge on any atom is -0.545 e. The molecule has 0 aromatic heterocycles. The van der Waals surface area contributed by atoms with E-state index in [0.29, 0.717) is 10.2 Å². The lowest BCUT2D eigenvalue weighted by Crippen LogP contribution is -2.23. The molecule has 0 radical (unpaired) electrons. The number of halogens is 1. The highest BCUT2D eigenvalue weighted by atomic mass is 79.9. The van der Waals surface area contributed by atoms with Crippen LogP contribution in [0.2, 0.25) is 0 Å². The lowest BCUT2D eigenvalue weighted by molar-refractivity contribution is -0.255. The number of hydrogen-bond donors (Lipinski definition) is 0. The van der Waals surface area contributed by atoms with Crippen LogP contribution in [0.25, 0.3) is 10.8 Å². The Labute approximate surface area is 101 Å². The van der Waals surface area contributed by atoms with E-state index in [4.69, 9.17) is 4.74 Å². The normalized spacial score (nSPS) is 10.4. The summed E-state index contributed by atoms with van der Waals surface area (Å²) < 4.78 is 5.71. The van der Waals surface area contributed by atoms with Crippen molar-refractivity contribution >= 4 is 32.7 Å². The number of aromatic carboxylic acids is 1. The zero-order valence-electron chi connectivity index (χ0n) is 8.49. The number of rotatable bonds is 2. The summed E-state index contributed by atoms with van der Waals surface area (Å²) in [6.07, 6.45) is 0. The average molecular weight is 280 g/mol. The van der Waals surface area contributed by atoms with Gasteiger partial charge >= 0.3 is 0 Å². The molecule has 3 nitrogen and oxygen atoms in total. The van der Waals surface area contributed by atoms with Crippen LogP contribution in [0.4, 0.5) is 0 Å². The van der Waals surface area contributed by atoms with E-state index in [9.17, 15) is 9.90 Å². The average Bonchev–Trinajstić information content (AvgIpc) is 2.29. The third-order valence-corrected chi connectivity index (χ3v) is 3.15. The number of carbonyl (C=O) groups excluding carboxylic acids is 1. The van der Waals surface area contributed by atoms with Gasteiger partial charge < -0.3 is 14.6 Å². The zero-order chi connectivity index (χ0) is 11.7. The van der Waals surface area contributed by atoms with E-state index in [0.717, 1.165) is 10.8 Å². The molecule has 0 saturated carbocycles. The van der Waals surface area contributed by atoms with Crippen molar-refractivity contribution in [3.8, 4) is 5.75 Å². The van der Waals surface area contributed by atoms with Gasteiger partial charge in [0.25, 0.3) is 0 Å². The van der Waals surface area contributed by atoms with Gasteiger partial charge in [0.15, 0.2) is 0 Å². The monoisotopic (exact) mass is 279 g/mol. The Morgan fingerprint density at radius 2 is 2.06 bits per heavy atom. The molecule has 82 valence electrons. The van der Waals surface area contributed by atoms with Crippen molar-refractivity contribution in [1.29, 1.82) is 0 Å². The molecule has 0 saturated heterocycles. The highest BCUT2D eigenvalue weighted by Gasteiger charge is 2.12. The van der Waals surface area contributed by atoms with Gasteiger partial charge in [-0.1, -0.05) is 24.3 Å². The van der Waals surface area contributed by atoms with Gasteiger partial charge in [0.05, 0.1) is 17.6 Å². The maximum absolute atomic E-state index is 11.0. The number of carboxylic acids is 1. The molecule has 0 aliphatic rings. The fourth-order valence-corrected chi connectivity index (χ4v) is 2.37. The Balaban J connectivity index is 2.87. The summed E-state index contributed by atoms with van der Waals surface area (Å²) in [5, 5.41) is 12.7. The van der Waals surface area contributed by atoms with Crippen LogP contribution in [0, 0.1) is 0 Å². The van der Waals surface area contributed by atoms with Gasteiger partial charge in [0, 0.05) is 5.56 Å². The van der Waals surface area contributed by atoms with Crippen LogP contribution in [-0.2, 0) is 0 Å². The van der Waals surface area contributed by atoms with E-state index in [1.165, 1.54) is 7.11 Å². The Bertz CT molecular complexity index is 563. The van der Waals surface area contributed by atoms with Crippen molar-refractivity contribution in [3.05, 3.63) is 40.4 Å². The molecule has 0 aliphatic heterocycles. The molecule has 0 fully saturated rings. The topological polar surface area (TPSA) is 49.4 Å². The minimum absolute atomic E-state index is 0.0491. The summed E-state index contributed by atoms with van der Waals surface area (Å²) in [6, 6.07) is 9.01. The van der Waals surface area contributed by atoms with E-state index >= 15 is 0 Å². The molecule has 2 rings (SSSR count). The van der Waals surface area contributed by atoms with Crippen molar-refractivity contribution in [2.24, 2.45) is 0 Å². The summed E-state index contributed by atoms with van der Waals surface area (Å²) in [5.74, 6) is -0.956. The number of carboxylic acid groups (broad SMARTS) is 1. The second kappa shape index (κ2) is 4.14. The molecular formula is C12H8BrO3-. The van der Waals surface area contributed by atoms with Crippen molar-refractivity contribution in [2.75, 3.05) is 7.11 Å². The standard InChI is InChI=1S/C12H9BrO3/c1-16-11-9(12(14)15)6-7-4-2-3-5-8(7)10(11)13/h2-6H,1H3,(H,14,15)/p-1. The van der Waals surface area contributed by atoms with Crippen molar-refractivity contribution < 1.29 is 14.6 Å². The maximum Gasteiger partial charge on any atom is 0.142 e. The van der Waals surface area contributed by atoms with Crippen LogP contribution in [0.5, 0.6) is 5.75 Å². The molecule has 0 spiro atoms. The van der Waals surface area contributed by atoms with Gasteiger partial charge in [0.1, 0.15) is 5.75 Å². The van der Waals surface area contributed by atoms with Crippen molar-refractivity contribution in [3.63, 3.8) is 0 Å². The van der Waals surface area contributed by atoms with E-state index in [1.807, 2.05) is 24.3 Å². The minimum atomic E-state index is -1.25. The number of hydrogen-bond acceptors (Lipinski definition) is 3. The van der Waals surface area contributed by atoms with Crippen LogP contribution >= 0.6 is 15.9 Å². The van der Waals surface area contributed by atoms with Crippen LogP contribution in [0.3, 0.4) is 0 Å². The van der Waals surface area contributed by atoms with Crippen LogP contribution in [0.15, 0.2) is 34.8 Å². The summed E-state index contributed by atoms with van der Waals surface area (Å²) in [4.78, 5) is 11.0. The van der Waals surface area contributed by atoms with Gasteiger partial charge in [-0.15, -0.1) is 0 Å². The van der Waals surface area contributed by atoms with E-state index in [1.54, 1.807) is 6.07 Å². The summed E-state index contributed by atoms with van der Waals surface area (Å²) >= 11 is 3.35. The molecular weight excluding hydrogens is 272 g/mol. The first-order chi connectivity index (χ1) is 7.65. The van der Waals surface area contributed by atoms with Crippen molar-refractivity contribution in [1.82, 2.24) is 0 Å². The Kier molecular flexibility index (Phi) is 2.83. The van der Waals surface area contributed by atoms with Gasteiger partial charge in [-0.2, -0.15) is 0 Å². The number of fused-ring (bicyclic) bond motifs is 1. The maximum atomic E-state index is 11.0. The molecule has 0 atom stereocenters. The SMILES string of the molecule is COc1c(C(=O)[O-])cc2ccccc2c1Br. The van der Waals surface area contributed by atoms with Crippen LogP contribution in [0.1, 0.15) is 10.4 Å². The Hall–Kier alpha value is -1.55. The van der Waals surface area contributed by atoms with Crippen LogP contribution in [-0.4, -0.2) is 13.1 Å². The molecule has 0 aliphatic carbocycles. The predicted octanol–water partition coefficient (Wildman–Crippen LogP) is 1.97. The number of methoxy groups -OCH3 is 1. The molecule has 0 unspecified atom stereocenters. The van der Waals surface area contributed by atoms with E-state index in [-0.39, 0.29) is 5.56 Å². The second-order valence-electron chi connectivity index (χ2n) is 3.28. The van der Waals surface area contributed by atoms with Gasteiger partial charge in [-0.25, -0.2) is 0 Å². The quantitative estimate of drug-likeness (QED) is 0.845. The lowest BCUT2D eigenvalue weighted by Gasteiger charge is -2.13. The molecule has 2 aromatic rings. The highest BCUT2D eigenvalue weighted by molar-refractivity contribution is 9.10. The first-order valence-electron chi connectivity index (χ1n) is 4.61. The van der Waals surface area contributed by atoms with E-state index < -0.39 is 5.97 Å². The number of ether oxygens (including phenoxy) is 1. The molecule has 4 heteroatoms. The highest BCUT2D eigenvalue weighted by Crippen LogP contribution is 2.36. The molecule has 0 amide bonds. The smallest absolute Gasteiger partial charge is 0.142 e. The van der Waals surface area contributed by atoms with Gasteiger partial charge in [-0.3, -0.25) is 0 Å². The zero-order valence-corrected chi connectivity index (χ0v) is 10.1. The van der Waals surface area contributed by atoms with E-state index in [2.05, 4.69) is 15.9 Å². The fraction of sp³-hybridized carbons (Fsp3) is 0.0833. The molecule has 0 heterocycles. The number of benzene rings is 2. The first-order valence-corrected chi connectivity index (χ1v) is 5.41. The summed E-state index contributed by atoms with van der Waals surface area (Å²) in [7, 11) is 1.43. The fourth-order valence-electron chi connectivity index (χ4n) is 1.64. The molecule has 0 bridgehead atoms. The predicted molar refractivity (Wildman–Crippen MR) is 62.5 cm³/mol. The first kappa shape index (κ1) is 11.0. The Morgan fingerprint density at radius 1 is 1.38 bits per heavy atom. The van der Waals surface area contributed by atoms with Crippen molar-refractivity contribution in [2.45, 2.75) is 0 Å². The number of carbonyl (C=O) groups is 1. The third-order valence-electron chi connectivity index (χ3n) is 2.37. The second-order valence-corrected chi connectivity index (χ2v) is 4.07. The van der Waals surface area contributed by atoms with Crippen LogP contribution < -0.4 is 9.84 Å². The lowest BCUT2D eigenvalue weighted by atomic mass is 10.1. The molecule has 16 heavy (non-hydrogen) atoms. The van der Waals surface area contributed by atoms with Gasteiger partial charge in [-0.05, 0) is 32.8 Å². The molecule has 0 N–H and O–H groups in total. The largest absolute Gasteiger partial charge is 0.545 e. The summed E-state index contributed by atoms with van der Waals surface area (Å²) in [5.41, 5.74) is 0.0491. The van der Waals surface area contributed by atoms with Gasteiger partial charge in [0.2, 0.25) is 0 Å².